The van der Waals surface area contributed by atoms with E-state index in [2.05, 4.69) is 25.5 Å². The van der Waals surface area contributed by atoms with Gasteiger partial charge in [-0.25, -0.2) is 9.97 Å². The summed E-state index contributed by atoms with van der Waals surface area (Å²) in [7, 11) is 1.64. The Labute approximate surface area is 171 Å². The van der Waals surface area contributed by atoms with E-state index in [1.54, 1.807) is 7.11 Å². The van der Waals surface area contributed by atoms with E-state index in [1.807, 2.05) is 37.3 Å². The maximum absolute atomic E-state index is 12.1. The molecule has 1 aliphatic rings. The minimum atomic E-state index is 0.0375. The van der Waals surface area contributed by atoms with Gasteiger partial charge in [-0.15, -0.1) is 0 Å². The Morgan fingerprint density at radius 1 is 1.17 bits per heavy atom. The summed E-state index contributed by atoms with van der Waals surface area (Å²) in [6, 6.07) is 9.73. The van der Waals surface area contributed by atoms with Crippen molar-refractivity contribution in [2.24, 2.45) is 0 Å². The van der Waals surface area contributed by atoms with Gasteiger partial charge in [-0.05, 0) is 31.0 Å². The lowest BCUT2D eigenvalue weighted by Gasteiger charge is -2.28. The highest BCUT2D eigenvalue weighted by Crippen LogP contribution is 2.17. The Morgan fingerprint density at radius 3 is 2.66 bits per heavy atom. The molecule has 2 aromatic rings. The molecule has 1 fully saturated rings. The SMILES string of the molecule is COc1ccc(CCC(=O)NCCNc2cc(N3CCOCC3)nc(C)n2)cc1. The number of benzene rings is 1. The summed E-state index contributed by atoms with van der Waals surface area (Å²) in [5, 5.41) is 6.21. The van der Waals surface area contributed by atoms with Crippen LogP contribution in [0.4, 0.5) is 11.6 Å². The Kier molecular flexibility index (Phi) is 7.63. The molecule has 0 radical (unpaired) electrons. The van der Waals surface area contributed by atoms with Crippen molar-refractivity contribution in [2.45, 2.75) is 19.8 Å². The fraction of sp³-hybridized carbons (Fsp3) is 0.476. The lowest BCUT2D eigenvalue weighted by Crippen LogP contribution is -2.37. The van der Waals surface area contributed by atoms with Gasteiger partial charge in [0.2, 0.25) is 5.91 Å². The number of nitrogens with zero attached hydrogens (tertiary/aromatic N) is 3. The van der Waals surface area contributed by atoms with Crippen LogP contribution < -0.4 is 20.3 Å². The zero-order valence-electron chi connectivity index (χ0n) is 17.1. The molecule has 1 amide bonds. The lowest BCUT2D eigenvalue weighted by atomic mass is 10.1. The van der Waals surface area contributed by atoms with Crippen molar-refractivity contribution < 1.29 is 14.3 Å². The van der Waals surface area contributed by atoms with E-state index in [0.717, 1.165) is 41.9 Å². The maximum atomic E-state index is 12.1. The molecule has 1 aromatic heterocycles. The largest absolute Gasteiger partial charge is 0.497 e. The van der Waals surface area contributed by atoms with Gasteiger partial charge in [0.15, 0.2) is 0 Å². The summed E-state index contributed by atoms with van der Waals surface area (Å²) >= 11 is 0. The molecule has 3 rings (SSSR count). The Morgan fingerprint density at radius 2 is 1.93 bits per heavy atom. The van der Waals surface area contributed by atoms with Crippen LogP contribution in [0.3, 0.4) is 0 Å². The first kappa shape index (κ1) is 20.9. The van der Waals surface area contributed by atoms with E-state index < -0.39 is 0 Å². The second-order valence-electron chi connectivity index (χ2n) is 6.88. The van der Waals surface area contributed by atoms with Gasteiger partial charge in [-0.2, -0.15) is 0 Å². The van der Waals surface area contributed by atoms with Gasteiger partial charge < -0.3 is 25.0 Å². The Balaban J connectivity index is 1.39. The molecule has 29 heavy (non-hydrogen) atoms. The average Bonchev–Trinajstić information content (AvgIpc) is 2.76. The van der Waals surface area contributed by atoms with Gasteiger partial charge in [-0.1, -0.05) is 12.1 Å². The number of carbonyl (C=O) groups excluding carboxylic acids is 1. The highest BCUT2D eigenvalue weighted by Gasteiger charge is 2.14. The smallest absolute Gasteiger partial charge is 0.220 e. The summed E-state index contributed by atoms with van der Waals surface area (Å²) in [6.45, 7) is 6.13. The molecule has 1 saturated heterocycles. The average molecular weight is 399 g/mol. The molecule has 156 valence electrons. The number of rotatable bonds is 9. The fourth-order valence-electron chi connectivity index (χ4n) is 3.13. The molecule has 0 aliphatic carbocycles. The number of carbonyl (C=O) groups is 1. The van der Waals surface area contributed by atoms with Crippen LogP contribution in [0.5, 0.6) is 5.75 Å². The molecule has 0 bridgehead atoms. The number of amides is 1. The Hall–Kier alpha value is -2.87. The summed E-state index contributed by atoms with van der Waals surface area (Å²) in [4.78, 5) is 23.2. The van der Waals surface area contributed by atoms with Crippen molar-refractivity contribution in [3.05, 3.63) is 41.7 Å². The summed E-state index contributed by atoms with van der Waals surface area (Å²) in [5.41, 5.74) is 1.12. The first-order chi connectivity index (χ1) is 14.1. The normalized spacial score (nSPS) is 13.8. The second kappa shape index (κ2) is 10.6. The zero-order valence-corrected chi connectivity index (χ0v) is 17.1. The van der Waals surface area contributed by atoms with Crippen LogP contribution in [0, 0.1) is 6.92 Å². The van der Waals surface area contributed by atoms with Gasteiger partial charge in [0.1, 0.15) is 23.2 Å². The third kappa shape index (κ3) is 6.60. The molecule has 0 spiro atoms. The second-order valence-corrected chi connectivity index (χ2v) is 6.88. The van der Waals surface area contributed by atoms with E-state index >= 15 is 0 Å². The summed E-state index contributed by atoms with van der Waals surface area (Å²) in [6.07, 6.45) is 1.16. The van der Waals surface area contributed by atoms with E-state index in [1.165, 1.54) is 0 Å². The molecule has 2 N–H and O–H groups in total. The van der Waals surface area contributed by atoms with Crippen LogP contribution in [-0.2, 0) is 16.0 Å². The quantitative estimate of drug-likeness (QED) is 0.622. The van der Waals surface area contributed by atoms with Crippen LogP contribution in [0.1, 0.15) is 17.8 Å². The summed E-state index contributed by atoms with van der Waals surface area (Å²) in [5.74, 6) is 3.26. The standard InChI is InChI=1S/C21H29N5O3/c1-16-24-19(15-20(25-16)26-11-13-29-14-12-26)22-9-10-23-21(27)8-5-17-3-6-18(28-2)7-4-17/h3-4,6-7,15H,5,8-14H2,1-2H3,(H,23,27)(H,22,24,25). The van der Waals surface area contributed by atoms with Crippen molar-refractivity contribution in [1.82, 2.24) is 15.3 Å². The fourth-order valence-corrected chi connectivity index (χ4v) is 3.13. The number of hydrogen-bond donors (Lipinski definition) is 2. The molecule has 2 heterocycles. The summed E-state index contributed by atoms with van der Waals surface area (Å²) < 4.78 is 10.5. The van der Waals surface area contributed by atoms with Gasteiger partial charge >= 0.3 is 0 Å². The van der Waals surface area contributed by atoms with Crippen molar-refractivity contribution in [3.8, 4) is 5.75 Å². The number of anilines is 2. The maximum Gasteiger partial charge on any atom is 0.220 e. The molecule has 0 unspecified atom stereocenters. The molecule has 0 saturated carbocycles. The number of ether oxygens (including phenoxy) is 2. The molecular weight excluding hydrogens is 370 g/mol. The van der Waals surface area contributed by atoms with Crippen molar-refractivity contribution in [3.63, 3.8) is 0 Å². The van der Waals surface area contributed by atoms with Crippen molar-refractivity contribution >= 4 is 17.5 Å². The highest BCUT2D eigenvalue weighted by atomic mass is 16.5. The van der Waals surface area contributed by atoms with Crippen LogP contribution in [0.15, 0.2) is 30.3 Å². The van der Waals surface area contributed by atoms with E-state index in [9.17, 15) is 4.79 Å². The zero-order chi connectivity index (χ0) is 20.5. The van der Waals surface area contributed by atoms with Crippen LogP contribution in [-0.4, -0.2) is 62.4 Å². The molecule has 1 aromatic carbocycles. The molecule has 0 atom stereocenters. The van der Waals surface area contributed by atoms with E-state index in [0.29, 0.717) is 39.1 Å². The predicted octanol–water partition coefficient (Wildman–Crippen LogP) is 1.79. The van der Waals surface area contributed by atoms with Crippen LogP contribution >= 0.6 is 0 Å². The van der Waals surface area contributed by atoms with Gasteiger partial charge in [0, 0.05) is 38.7 Å². The first-order valence-corrected chi connectivity index (χ1v) is 9.96. The third-order valence-electron chi connectivity index (χ3n) is 4.71. The lowest BCUT2D eigenvalue weighted by molar-refractivity contribution is -0.120. The number of aromatic nitrogens is 2. The van der Waals surface area contributed by atoms with Gasteiger partial charge in [0.25, 0.3) is 0 Å². The number of nitrogens with one attached hydrogen (secondary N) is 2. The molecule has 8 nitrogen and oxygen atoms in total. The van der Waals surface area contributed by atoms with Crippen molar-refractivity contribution in [2.75, 3.05) is 56.7 Å². The van der Waals surface area contributed by atoms with Crippen molar-refractivity contribution in [1.29, 1.82) is 0 Å². The first-order valence-electron chi connectivity index (χ1n) is 9.96. The highest BCUT2D eigenvalue weighted by molar-refractivity contribution is 5.76. The number of methoxy groups -OCH3 is 1. The Bertz CT molecular complexity index is 791. The number of hydrogen-bond acceptors (Lipinski definition) is 7. The molecular formula is C21H29N5O3. The third-order valence-corrected chi connectivity index (χ3v) is 4.71. The molecule has 1 aliphatic heterocycles. The molecule has 8 heteroatoms. The predicted molar refractivity (Wildman–Crippen MR) is 113 cm³/mol. The van der Waals surface area contributed by atoms with Gasteiger partial charge in [0.05, 0.1) is 20.3 Å². The van der Waals surface area contributed by atoms with E-state index in [-0.39, 0.29) is 5.91 Å². The number of morpholine rings is 1. The van der Waals surface area contributed by atoms with Gasteiger partial charge in [-0.3, -0.25) is 4.79 Å². The minimum Gasteiger partial charge on any atom is -0.497 e. The van der Waals surface area contributed by atoms with Crippen LogP contribution in [0.2, 0.25) is 0 Å². The topological polar surface area (TPSA) is 88.6 Å². The van der Waals surface area contributed by atoms with E-state index in [4.69, 9.17) is 9.47 Å². The number of aryl methyl sites for hydroxylation is 2. The van der Waals surface area contributed by atoms with Crippen LogP contribution in [0.25, 0.3) is 0 Å². The monoisotopic (exact) mass is 399 g/mol. The minimum absolute atomic E-state index is 0.0375.